The molecule has 1 fully saturated rings. The molecule has 16 heavy (non-hydrogen) atoms. The van der Waals surface area contributed by atoms with Crippen LogP contribution in [0.15, 0.2) is 24.3 Å². The Labute approximate surface area is 97.5 Å². The van der Waals surface area contributed by atoms with Crippen LogP contribution in [0.4, 0.5) is 0 Å². The summed E-state index contributed by atoms with van der Waals surface area (Å²) in [5, 5.41) is 9.22. The third kappa shape index (κ3) is 2.45. The average molecular weight is 219 g/mol. The molecule has 1 atom stereocenters. The summed E-state index contributed by atoms with van der Waals surface area (Å²) in [5.74, 6) is 0. The third-order valence-corrected chi connectivity index (χ3v) is 3.63. The number of rotatable bonds is 4. The van der Waals surface area contributed by atoms with Crippen molar-refractivity contribution >= 4 is 0 Å². The van der Waals surface area contributed by atoms with Crippen LogP contribution in [0, 0.1) is 0 Å². The van der Waals surface area contributed by atoms with Crippen LogP contribution in [0.2, 0.25) is 0 Å². The second-order valence-electron chi connectivity index (χ2n) is 5.09. The smallest absolute Gasteiger partial charge is 0.0515 e. The molecule has 0 spiro atoms. The van der Waals surface area contributed by atoms with Gasteiger partial charge in [0, 0.05) is 5.54 Å². The number of nitrogens with two attached hydrogens (primary N) is 1. The highest BCUT2D eigenvalue weighted by Crippen LogP contribution is 2.38. The zero-order chi connectivity index (χ0) is 11.6. The fraction of sp³-hybridized carbons (Fsp3) is 0.571. The van der Waals surface area contributed by atoms with E-state index in [-0.39, 0.29) is 11.6 Å². The van der Waals surface area contributed by atoms with E-state index in [0.29, 0.717) is 0 Å². The SMILES string of the molecule is CC(O)CCc1ccc(C2(N)CCC2)cc1. The molecule has 1 saturated carbocycles. The summed E-state index contributed by atoms with van der Waals surface area (Å²) in [6, 6.07) is 8.59. The van der Waals surface area contributed by atoms with Crippen molar-refractivity contribution in [3.05, 3.63) is 35.4 Å². The van der Waals surface area contributed by atoms with E-state index in [1.165, 1.54) is 17.5 Å². The Kier molecular flexibility index (Phi) is 3.31. The summed E-state index contributed by atoms with van der Waals surface area (Å²) in [6.07, 6.45) is 5.02. The molecule has 2 heteroatoms. The minimum absolute atomic E-state index is 0.0528. The first-order valence-corrected chi connectivity index (χ1v) is 6.16. The molecule has 1 unspecified atom stereocenters. The van der Waals surface area contributed by atoms with E-state index in [4.69, 9.17) is 5.73 Å². The Balaban J connectivity index is 1.99. The van der Waals surface area contributed by atoms with Crippen molar-refractivity contribution in [1.82, 2.24) is 0 Å². The second-order valence-corrected chi connectivity index (χ2v) is 5.09. The van der Waals surface area contributed by atoms with Crippen LogP contribution in [0.25, 0.3) is 0 Å². The summed E-state index contributed by atoms with van der Waals surface area (Å²) in [6.45, 7) is 1.83. The predicted molar refractivity (Wildman–Crippen MR) is 66.2 cm³/mol. The first-order valence-electron chi connectivity index (χ1n) is 6.16. The average Bonchev–Trinajstić information content (AvgIpc) is 2.24. The molecular formula is C14H21NO. The first-order chi connectivity index (χ1) is 7.60. The van der Waals surface area contributed by atoms with E-state index in [9.17, 15) is 5.11 Å². The maximum Gasteiger partial charge on any atom is 0.0515 e. The van der Waals surface area contributed by atoms with Gasteiger partial charge >= 0.3 is 0 Å². The summed E-state index contributed by atoms with van der Waals surface area (Å²) in [4.78, 5) is 0. The molecule has 1 aromatic rings. The normalized spacial score (nSPS) is 20.2. The summed E-state index contributed by atoms with van der Waals surface area (Å²) >= 11 is 0. The van der Waals surface area contributed by atoms with E-state index < -0.39 is 0 Å². The van der Waals surface area contributed by atoms with Crippen LogP contribution in [-0.4, -0.2) is 11.2 Å². The maximum atomic E-state index is 9.22. The number of benzene rings is 1. The minimum Gasteiger partial charge on any atom is -0.393 e. The van der Waals surface area contributed by atoms with Crippen molar-refractivity contribution in [1.29, 1.82) is 0 Å². The number of hydrogen-bond donors (Lipinski definition) is 2. The highest BCUT2D eigenvalue weighted by molar-refractivity contribution is 5.30. The fourth-order valence-electron chi connectivity index (χ4n) is 2.23. The number of hydrogen-bond acceptors (Lipinski definition) is 2. The summed E-state index contributed by atoms with van der Waals surface area (Å²) < 4.78 is 0. The number of aliphatic hydroxyl groups excluding tert-OH is 1. The molecule has 2 rings (SSSR count). The van der Waals surface area contributed by atoms with Gasteiger partial charge in [-0.3, -0.25) is 0 Å². The van der Waals surface area contributed by atoms with Crippen molar-refractivity contribution in [3.8, 4) is 0 Å². The minimum atomic E-state index is -0.216. The maximum absolute atomic E-state index is 9.22. The van der Waals surface area contributed by atoms with Crippen LogP contribution in [0.1, 0.15) is 43.7 Å². The first kappa shape index (κ1) is 11.6. The van der Waals surface area contributed by atoms with Crippen molar-refractivity contribution in [2.75, 3.05) is 0 Å². The molecular weight excluding hydrogens is 198 g/mol. The summed E-state index contributed by atoms with van der Waals surface area (Å²) in [5.41, 5.74) is 8.75. The zero-order valence-electron chi connectivity index (χ0n) is 9.95. The molecule has 0 saturated heterocycles. The zero-order valence-corrected chi connectivity index (χ0v) is 9.95. The van der Waals surface area contributed by atoms with Gasteiger partial charge in [0.15, 0.2) is 0 Å². The molecule has 2 nitrogen and oxygen atoms in total. The lowest BCUT2D eigenvalue weighted by atomic mass is 9.72. The molecule has 1 aliphatic carbocycles. The van der Waals surface area contributed by atoms with Crippen molar-refractivity contribution in [2.45, 2.75) is 50.7 Å². The Hall–Kier alpha value is -0.860. The van der Waals surface area contributed by atoms with Gasteiger partial charge in [-0.25, -0.2) is 0 Å². The Morgan fingerprint density at radius 2 is 1.94 bits per heavy atom. The quantitative estimate of drug-likeness (QED) is 0.816. The molecule has 0 amide bonds. The van der Waals surface area contributed by atoms with Gasteiger partial charge in [0.25, 0.3) is 0 Å². The Bertz CT molecular complexity index is 338. The highest BCUT2D eigenvalue weighted by atomic mass is 16.3. The van der Waals surface area contributed by atoms with Gasteiger partial charge in [-0.15, -0.1) is 0 Å². The van der Waals surface area contributed by atoms with Gasteiger partial charge < -0.3 is 10.8 Å². The van der Waals surface area contributed by atoms with Gasteiger partial charge in [-0.1, -0.05) is 24.3 Å². The van der Waals surface area contributed by atoms with E-state index in [1.54, 1.807) is 0 Å². The van der Waals surface area contributed by atoms with Gasteiger partial charge in [0.2, 0.25) is 0 Å². The third-order valence-electron chi connectivity index (χ3n) is 3.63. The molecule has 0 heterocycles. The van der Waals surface area contributed by atoms with Gasteiger partial charge in [-0.2, -0.15) is 0 Å². The van der Waals surface area contributed by atoms with E-state index >= 15 is 0 Å². The Morgan fingerprint density at radius 3 is 2.38 bits per heavy atom. The van der Waals surface area contributed by atoms with E-state index in [1.807, 2.05) is 6.92 Å². The molecule has 0 aromatic heterocycles. The lowest BCUT2D eigenvalue weighted by Crippen LogP contribution is -2.43. The van der Waals surface area contributed by atoms with Crippen molar-refractivity contribution in [3.63, 3.8) is 0 Å². The molecule has 1 aliphatic rings. The van der Waals surface area contributed by atoms with E-state index in [0.717, 1.165) is 25.7 Å². The van der Waals surface area contributed by atoms with Crippen LogP contribution in [-0.2, 0) is 12.0 Å². The second kappa shape index (κ2) is 4.56. The van der Waals surface area contributed by atoms with Crippen molar-refractivity contribution in [2.24, 2.45) is 5.73 Å². The van der Waals surface area contributed by atoms with E-state index in [2.05, 4.69) is 24.3 Å². The highest BCUT2D eigenvalue weighted by Gasteiger charge is 2.33. The largest absolute Gasteiger partial charge is 0.393 e. The Morgan fingerprint density at radius 1 is 1.31 bits per heavy atom. The fourth-order valence-corrected chi connectivity index (χ4v) is 2.23. The van der Waals surface area contributed by atoms with Gasteiger partial charge in [-0.05, 0) is 50.2 Å². The predicted octanol–water partition coefficient (Wildman–Crippen LogP) is 2.34. The molecule has 0 bridgehead atoms. The topological polar surface area (TPSA) is 46.2 Å². The van der Waals surface area contributed by atoms with Gasteiger partial charge in [0.1, 0.15) is 0 Å². The van der Waals surface area contributed by atoms with Crippen LogP contribution in [0.5, 0.6) is 0 Å². The van der Waals surface area contributed by atoms with Crippen LogP contribution < -0.4 is 5.73 Å². The monoisotopic (exact) mass is 219 g/mol. The molecule has 0 radical (unpaired) electrons. The molecule has 3 N–H and O–H groups in total. The summed E-state index contributed by atoms with van der Waals surface area (Å²) in [7, 11) is 0. The molecule has 0 aliphatic heterocycles. The van der Waals surface area contributed by atoms with Crippen LogP contribution in [0.3, 0.4) is 0 Å². The lowest BCUT2D eigenvalue weighted by molar-refractivity contribution is 0.185. The molecule has 88 valence electrons. The van der Waals surface area contributed by atoms with Crippen LogP contribution >= 0.6 is 0 Å². The number of aliphatic hydroxyl groups is 1. The lowest BCUT2D eigenvalue weighted by Gasteiger charge is -2.38. The van der Waals surface area contributed by atoms with Crippen molar-refractivity contribution < 1.29 is 5.11 Å². The van der Waals surface area contributed by atoms with Gasteiger partial charge in [0.05, 0.1) is 6.10 Å². The number of aryl methyl sites for hydroxylation is 1. The standard InChI is InChI=1S/C14H21NO/c1-11(16)3-4-12-5-7-13(8-6-12)14(15)9-2-10-14/h5-8,11,16H,2-4,9-10,15H2,1H3. The molecule has 1 aromatic carbocycles.